The highest BCUT2D eigenvalue weighted by atomic mass is 32.1. The quantitative estimate of drug-likeness (QED) is 0.529. The third kappa shape index (κ3) is 2.10. The molecule has 1 unspecified atom stereocenters. The molecule has 28 heavy (non-hydrogen) atoms. The zero-order chi connectivity index (χ0) is 18.9. The molecule has 0 amide bonds. The van der Waals surface area contributed by atoms with Crippen molar-refractivity contribution >= 4 is 22.8 Å². The van der Waals surface area contributed by atoms with Crippen LogP contribution in [0.1, 0.15) is 18.4 Å². The molecule has 140 valence electrons. The summed E-state index contributed by atoms with van der Waals surface area (Å²) in [7, 11) is 0. The van der Waals surface area contributed by atoms with E-state index in [1.165, 1.54) is 23.5 Å². The first kappa shape index (κ1) is 16.1. The predicted octanol–water partition coefficient (Wildman–Crippen LogP) is 3.65. The molecule has 6 nitrogen and oxygen atoms in total. The number of hydrogen-bond acceptors (Lipinski definition) is 6. The zero-order valence-electron chi connectivity index (χ0n) is 14.6. The van der Waals surface area contributed by atoms with E-state index in [2.05, 4.69) is 20.2 Å². The molecule has 4 heterocycles. The number of anilines is 1. The second-order valence-corrected chi connectivity index (χ2v) is 8.08. The molecule has 0 radical (unpaired) electrons. The Morgan fingerprint density at radius 3 is 2.96 bits per heavy atom. The van der Waals surface area contributed by atoms with Crippen molar-refractivity contribution in [2.45, 2.75) is 18.4 Å². The summed E-state index contributed by atoms with van der Waals surface area (Å²) in [6, 6.07) is 5.59. The topological polar surface area (TPSA) is 59.2 Å². The molecule has 6 rings (SSSR count). The summed E-state index contributed by atoms with van der Waals surface area (Å²) in [5, 5.41) is 13.1. The van der Waals surface area contributed by atoms with E-state index in [1.54, 1.807) is 16.2 Å². The smallest absolute Gasteiger partial charge is 0.167 e. The molecule has 9 heteroatoms. The van der Waals surface area contributed by atoms with E-state index in [1.807, 2.05) is 12.3 Å². The van der Waals surface area contributed by atoms with E-state index in [9.17, 15) is 8.78 Å². The van der Waals surface area contributed by atoms with E-state index >= 15 is 0 Å². The SMILES string of the molecule is Fc1ccc(F)c([C@@]23CC2CCN3c2ccn3ncc(-c4nncs4)c3n2)c1. The van der Waals surface area contributed by atoms with Crippen LogP contribution in [0.2, 0.25) is 0 Å². The van der Waals surface area contributed by atoms with E-state index < -0.39 is 11.4 Å². The summed E-state index contributed by atoms with van der Waals surface area (Å²) in [5.74, 6) is 0.272. The van der Waals surface area contributed by atoms with Gasteiger partial charge in [0.05, 0.1) is 17.3 Å². The molecular formula is C19H14F2N6S. The first-order chi connectivity index (χ1) is 13.7. The molecule has 0 bridgehead atoms. The third-order valence-electron chi connectivity index (χ3n) is 5.87. The third-order valence-corrected chi connectivity index (χ3v) is 6.60. The standard InChI is InChI=1S/C19H14F2N6S/c20-12-1-2-15(21)14(7-12)19-8-11(19)3-5-26(19)16-4-6-27-17(24-16)13(9-23-27)18-25-22-10-28-18/h1-2,4,6-7,9-11H,3,5,8H2/t11?,19-/m1/s1. The number of hydrogen-bond donors (Lipinski definition) is 0. The fraction of sp³-hybridized carbons (Fsp3) is 0.263. The fourth-order valence-corrected chi connectivity index (χ4v) is 5.11. The maximum Gasteiger partial charge on any atom is 0.167 e. The van der Waals surface area contributed by atoms with Crippen LogP contribution in [-0.4, -0.2) is 31.3 Å². The molecule has 2 fully saturated rings. The molecule has 1 aliphatic carbocycles. The van der Waals surface area contributed by atoms with Gasteiger partial charge in [0.15, 0.2) is 10.7 Å². The number of rotatable bonds is 3. The average Bonchev–Trinajstić information content (AvgIpc) is 3.11. The van der Waals surface area contributed by atoms with Crippen LogP contribution >= 0.6 is 11.3 Å². The molecule has 4 aromatic rings. The number of piperidine rings is 1. The lowest BCUT2D eigenvalue weighted by molar-refractivity contribution is 0.544. The lowest BCUT2D eigenvalue weighted by atomic mass is 10.0. The first-order valence-corrected chi connectivity index (χ1v) is 9.89. The van der Waals surface area contributed by atoms with Crippen molar-refractivity contribution in [1.82, 2.24) is 24.8 Å². The summed E-state index contributed by atoms with van der Waals surface area (Å²) in [6.07, 6.45) is 5.31. The second-order valence-electron chi connectivity index (χ2n) is 7.25. The van der Waals surface area contributed by atoms with Crippen molar-refractivity contribution < 1.29 is 8.78 Å². The van der Waals surface area contributed by atoms with E-state index in [4.69, 9.17) is 4.98 Å². The fourth-order valence-electron chi connectivity index (χ4n) is 4.55. The van der Waals surface area contributed by atoms with Gasteiger partial charge in [-0.1, -0.05) is 11.3 Å². The van der Waals surface area contributed by atoms with E-state index in [0.717, 1.165) is 41.8 Å². The van der Waals surface area contributed by atoms with Gasteiger partial charge in [-0.2, -0.15) is 5.10 Å². The van der Waals surface area contributed by atoms with Crippen molar-refractivity contribution in [3.05, 3.63) is 59.4 Å². The number of nitrogens with zero attached hydrogens (tertiary/aromatic N) is 6. The van der Waals surface area contributed by atoms with Crippen molar-refractivity contribution in [2.24, 2.45) is 5.92 Å². The molecule has 2 aliphatic rings. The highest BCUT2D eigenvalue weighted by Crippen LogP contribution is 2.63. The Morgan fingerprint density at radius 2 is 2.14 bits per heavy atom. The monoisotopic (exact) mass is 396 g/mol. The lowest BCUT2D eigenvalue weighted by Gasteiger charge is -2.30. The Balaban J connectivity index is 1.48. The van der Waals surface area contributed by atoms with Gasteiger partial charge in [0.25, 0.3) is 0 Å². The van der Waals surface area contributed by atoms with Crippen molar-refractivity contribution in [2.75, 3.05) is 11.4 Å². The van der Waals surface area contributed by atoms with E-state index in [0.29, 0.717) is 17.1 Å². The van der Waals surface area contributed by atoms with Crippen molar-refractivity contribution in [3.63, 3.8) is 0 Å². The number of aromatic nitrogens is 5. The Morgan fingerprint density at radius 1 is 1.21 bits per heavy atom. The Kier molecular flexibility index (Phi) is 3.18. The molecule has 1 aromatic carbocycles. The van der Waals surface area contributed by atoms with Crippen LogP contribution in [0.4, 0.5) is 14.6 Å². The van der Waals surface area contributed by atoms with Gasteiger partial charge in [-0.05, 0) is 43.0 Å². The van der Waals surface area contributed by atoms with Gasteiger partial charge >= 0.3 is 0 Å². The number of fused-ring (bicyclic) bond motifs is 2. The van der Waals surface area contributed by atoms with Crippen molar-refractivity contribution in [3.8, 4) is 10.6 Å². The normalized spacial score (nSPS) is 23.4. The van der Waals surface area contributed by atoms with Gasteiger partial charge in [0.2, 0.25) is 0 Å². The molecular weight excluding hydrogens is 382 g/mol. The van der Waals surface area contributed by atoms with Crippen LogP contribution in [0.3, 0.4) is 0 Å². The molecule has 0 N–H and O–H groups in total. The summed E-state index contributed by atoms with van der Waals surface area (Å²) in [4.78, 5) is 6.94. The van der Waals surface area contributed by atoms with Gasteiger partial charge in [-0.3, -0.25) is 0 Å². The maximum absolute atomic E-state index is 14.6. The first-order valence-electron chi connectivity index (χ1n) is 9.01. The molecule has 0 spiro atoms. The average molecular weight is 396 g/mol. The number of halogens is 2. The molecule has 1 aliphatic heterocycles. The molecule has 1 saturated heterocycles. The van der Waals surface area contributed by atoms with E-state index in [-0.39, 0.29) is 5.82 Å². The maximum atomic E-state index is 14.6. The number of benzene rings is 1. The minimum absolute atomic E-state index is 0.314. The van der Waals surface area contributed by atoms with Crippen LogP contribution in [-0.2, 0) is 5.54 Å². The Hall–Kier alpha value is -2.94. The van der Waals surface area contributed by atoms with Gasteiger partial charge < -0.3 is 4.90 Å². The van der Waals surface area contributed by atoms with Gasteiger partial charge in [0.1, 0.15) is 23.0 Å². The Labute approximate surface area is 162 Å². The van der Waals surface area contributed by atoms with Crippen LogP contribution in [0.5, 0.6) is 0 Å². The van der Waals surface area contributed by atoms with Gasteiger partial charge in [-0.15, -0.1) is 10.2 Å². The summed E-state index contributed by atoms with van der Waals surface area (Å²) in [6.45, 7) is 0.756. The summed E-state index contributed by atoms with van der Waals surface area (Å²) < 4.78 is 30.2. The molecule has 3 aromatic heterocycles. The zero-order valence-corrected chi connectivity index (χ0v) is 15.4. The van der Waals surface area contributed by atoms with Crippen LogP contribution < -0.4 is 4.90 Å². The minimum Gasteiger partial charge on any atom is -0.346 e. The highest BCUT2D eigenvalue weighted by molar-refractivity contribution is 7.12. The van der Waals surface area contributed by atoms with Crippen LogP contribution in [0.25, 0.3) is 16.2 Å². The Bertz CT molecular complexity index is 1210. The van der Waals surface area contributed by atoms with Crippen molar-refractivity contribution in [1.29, 1.82) is 0 Å². The second kappa shape index (κ2) is 5.54. The van der Waals surface area contributed by atoms with Crippen LogP contribution in [0.15, 0.2) is 42.2 Å². The molecule has 2 atom stereocenters. The minimum atomic E-state index is -0.513. The summed E-state index contributed by atoms with van der Waals surface area (Å²) in [5.41, 5.74) is 3.06. The van der Waals surface area contributed by atoms with Crippen LogP contribution in [0, 0.1) is 17.6 Å². The lowest BCUT2D eigenvalue weighted by Crippen LogP contribution is -2.34. The predicted molar refractivity (Wildman–Crippen MR) is 100.0 cm³/mol. The van der Waals surface area contributed by atoms with Gasteiger partial charge in [-0.25, -0.2) is 18.3 Å². The summed E-state index contributed by atoms with van der Waals surface area (Å²) >= 11 is 1.42. The highest BCUT2D eigenvalue weighted by Gasteiger charge is 2.64. The molecule has 1 saturated carbocycles. The largest absolute Gasteiger partial charge is 0.346 e. The van der Waals surface area contributed by atoms with Gasteiger partial charge in [0, 0.05) is 18.3 Å².